The fourth-order valence-corrected chi connectivity index (χ4v) is 4.49. The number of anilines is 1. The number of urea groups is 1. The molecule has 2 aromatic carbocycles. The quantitative estimate of drug-likeness (QED) is 0.344. The van der Waals surface area contributed by atoms with Gasteiger partial charge in [0.25, 0.3) is 17.7 Å². The lowest BCUT2D eigenvalue weighted by atomic mass is 9.98. The number of imide groups is 1. The summed E-state index contributed by atoms with van der Waals surface area (Å²) in [6.07, 6.45) is 3.73. The maximum atomic E-state index is 12.6. The number of carbonyl (C=O) groups is 4. The molecule has 2 aromatic rings. The summed E-state index contributed by atoms with van der Waals surface area (Å²) < 4.78 is 10.6. The van der Waals surface area contributed by atoms with Crippen molar-refractivity contribution in [3.8, 4) is 11.5 Å². The van der Waals surface area contributed by atoms with Gasteiger partial charge in [-0.15, -0.1) is 0 Å². The summed E-state index contributed by atoms with van der Waals surface area (Å²) >= 11 is 0. The van der Waals surface area contributed by atoms with E-state index >= 15 is 0 Å². The standard InChI is InChI=1S/C26H30N4O6/c1-35-21-7-4-6-19(16-21)28-22(31)17-36-20-10-8-18(9-11-20)23(32)27-14-5-15-30-24(33)26(29-25(30)34)12-2-3-13-26/h4,6-11,16H,2-3,5,12-15,17H2,1H3,(H,27,32)(H,28,31)(H,29,34). The number of ether oxygens (including phenoxy) is 2. The zero-order valence-electron chi connectivity index (χ0n) is 20.2. The Balaban J connectivity index is 1.17. The average molecular weight is 495 g/mol. The average Bonchev–Trinajstić information content (AvgIpc) is 3.45. The highest BCUT2D eigenvalue weighted by Gasteiger charge is 2.51. The molecule has 1 saturated carbocycles. The van der Waals surface area contributed by atoms with E-state index in [2.05, 4.69) is 16.0 Å². The normalized spacial score (nSPS) is 16.1. The highest BCUT2D eigenvalue weighted by molar-refractivity contribution is 6.07. The zero-order valence-corrected chi connectivity index (χ0v) is 20.2. The Hall–Kier alpha value is -4.08. The van der Waals surface area contributed by atoms with E-state index in [0.717, 1.165) is 12.8 Å². The van der Waals surface area contributed by atoms with E-state index in [1.807, 2.05) is 0 Å². The van der Waals surface area contributed by atoms with Gasteiger partial charge in [-0.3, -0.25) is 19.3 Å². The molecule has 2 fully saturated rings. The molecule has 0 bridgehead atoms. The molecule has 1 saturated heterocycles. The monoisotopic (exact) mass is 494 g/mol. The lowest BCUT2D eigenvalue weighted by molar-refractivity contribution is -0.131. The fourth-order valence-electron chi connectivity index (χ4n) is 4.49. The predicted molar refractivity (Wildman–Crippen MR) is 132 cm³/mol. The van der Waals surface area contributed by atoms with Crippen LogP contribution in [0.3, 0.4) is 0 Å². The highest BCUT2D eigenvalue weighted by atomic mass is 16.5. The van der Waals surface area contributed by atoms with Gasteiger partial charge in [0, 0.05) is 30.4 Å². The van der Waals surface area contributed by atoms with Crippen molar-refractivity contribution < 1.29 is 28.7 Å². The third-order valence-electron chi connectivity index (χ3n) is 6.39. The molecule has 190 valence electrons. The number of hydrogen-bond donors (Lipinski definition) is 3. The molecule has 10 heteroatoms. The van der Waals surface area contributed by atoms with Crippen LogP contribution in [0.1, 0.15) is 42.5 Å². The van der Waals surface area contributed by atoms with Crippen molar-refractivity contribution in [2.24, 2.45) is 0 Å². The van der Waals surface area contributed by atoms with Crippen molar-refractivity contribution in [2.45, 2.75) is 37.6 Å². The van der Waals surface area contributed by atoms with Gasteiger partial charge in [0.2, 0.25) is 0 Å². The number of methoxy groups -OCH3 is 1. The zero-order chi connectivity index (χ0) is 25.5. The molecule has 2 aliphatic rings. The topological polar surface area (TPSA) is 126 Å². The Morgan fingerprint density at radius 2 is 1.81 bits per heavy atom. The van der Waals surface area contributed by atoms with Crippen LogP contribution in [0.15, 0.2) is 48.5 Å². The molecule has 1 heterocycles. The van der Waals surface area contributed by atoms with E-state index in [1.54, 1.807) is 55.6 Å². The van der Waals surface area contributed by atoms with Crippen LogP contribution in [-0.4, -0.2) is 61.0 Å². The second kappa shape index (κ2) is 11.1. The molecular formula is C26H30N4O6. The number of amides is 5. The molecule has 36 heavy (non-hydrogen) atoms. The molecule has 3 N–H and O–H groups in total. The summed E-state index contributed by atoms with van der Waals surface area (Å²) in [7, 11) is 1.55. The van der Waals surface area contributed by atoms with E-state index in [9.17, 15) is 19.2 Å². The van der Waals surface area contributed by atoms with Gasteiger partial charge >= 0.3 is 6.03 Å². The van der Waals surface area contributed by atoms with Crippen molar-refractivity contribution in [1.82, 2.24) is 15.5 Å². The summed E-state index contributed by atoms with van der Waals surface area (Å²) in [6, 6.07) is 13.1. The summed E-state index contributed by atoms with van der Waals surface area (Å²) in [5, 5.41) is 8.38. The number of benzene rings is 2. The lowest BCUT2D eigenvalue weighted by Crippen LogP contribution is -2.44. The van der Waals surface area contributed by atoms with Crippen LogP contribution in [0.25, 0.3) is 0 Å². The Morgan fingerprint density at radius 3 is 2.53 bits per heavy atom. The van der Waals surface area contributed by atoms with E-state index in [-0.39, 0.29) is 36.9 Å². The molecule has 1 spiro atoms. The van der Waals surface area contributed by atoms with Gasteiger partial charge in [0.15, 0.2) is 6.61 Å². The van der Waals surface area contributed by atoms with Crippen LogP contribution in [0.4, 0.5) is 10.5 Å². The van der Waals surface area contributed by atoms with Gasteiger partial charge in [-0.25, -0.2) is 4.79 Å². The Bertz CT molecular complexity index is 1130. The van der Waals surface area contributed by atoms with Crippen molar-refractivity contribution in [3.63, 3.8) is 0 Å². The SMILES string of the molecule is COc1cccc(NC(=O)COc2ccc(C(=O)NCCCN3C(=O)NC4(CCCC4)C3=O)cc2)c1. The van der Waals surface area contributed by atoms with Gasteiger partial charge in [-0.1, -0.05) is 18.9 Å². The first kappa shape index (κ1) is 25.0. The first-order valence-corrected chi connectivity index (χ1v) is 12.0. The number of hydrogen-bond acceptors (Lipinski definition) is 6. The fraction of sp³-hybridized carbons (Fsp3) is 0.385. The van der Waals surface area contributed by atoms with Gasteiger partial charge in [-0.05, 0) is 55.7 Å². The largest absolute Gasteiger partial charge is 0.497 e. The summed E-state index contributed by atoms with van der Waals surface area (Å²) in [4.78, 5) is 50.7. The first-order chi connectivity index (χ1) is 17.4. The predicted octanol–water partition coefficient (Wildman–Crippen LogP) is 2.70. The lowest BCUT2D eigenvalue weighted by Gasteiger charge is -2.20. The Kier molecular flexibility index (Phi) is 7.72. The minimum Gasteiger partial charge on any atom is -0.497 e. The smallest absolute Gasteiger partial charge is 0.325 e. The van der Waals surface area contributed by atoms with Gasteiger partial charge in [0.05, 0.1) is 7.11 Å². The molecule has 1 aliphatic heterocycles. The van der Waals surface area contributed by atoms with Gasteiger partial charge in [0.1, 0.15) is 17.0 Å². The van der Waals surface area contributed by atoms with Gasteiger partial charge in [-0.2, -0.15) is 0 Å². The van der Waals surface area contributed by atoms with Crippen molar-refractivity contribution in [1.29, 1.82) is 0 Å². The Labute approximate surface area is 209 Å². The van der Waals surface area contributed by atoms with Crippen LogP contribution in [0.2, 0.25) is 0 Å². The number of rotatable bonds is 10. The van der Waals surface area contributed by atoms with Crippen LogP contribution in [0, 0.1) is 0 Å². The summed E-state index contributed by atoms with van der Waals surface area (Å²) in [5.74, 6) is 0.335. The van der Waals surface area contributed by atoms with E-state index in [4.69, 9.17) is 9.47 Å². The van der Waals surface area contributed by atoms with Crippen LogP contribution in [0.5, 0.6) is 11.5 Å². The van der Waals surface area contributed by atoms with Crippen molar-refractivity contribution in [2.75, 3.05) is 32.1 Å². The molecule has 0 radical (unpaired) electrons. The number of carbonyl (C=O) groups excluding carboxylic acids is 4. The molecule has 5 amide bonds. The summed E-state index contributed by atoms with van der Waals surface area (Å²) in [5.41, 5.74) is 0.325. The number of nitrogens with zero attached hydrogens (tertiary/aromatic N) is 1. The second-order valence-electron chi connectivity index (χ2n) is 8.88. The maximum Gasteiger partial charge on any atom is 0.325 e. The molecule has 0 atom stereocenters. The Morgan fingerprint density at radius 1 is 1.06 bits per heavy atom. The van der Waals surface area contributed by atoms with Crippen molar-refractivity contribution >= 4 is 29.4 Å². The third-order valence-corrected chi connectivity index (χ3v) is 6.39. The molecule has 10 nitrogen and oxygen atoms in total. The molecule has 1 aliphatic carbocycles. The second-order valence-corrected chi connectivity index (χ2v) is 8.88. The van der Waals surface area contributed by atoms with E-state index in [1.165, 1.54) is 4.90 Å². The third kappa shape index (κ3) is 5.76. The summed E-state index contributed by atoms with van der Waals surface area (Å²) in [6.45, 7) is 0.399. The molecular weight excluding hydrogens is 464 g/mol. The van der Waals surface area contributed by atoms with Crippen LogP contribution >= 0.6 is 0 Å². The van der Waals surface area contributed by atoms with E-state index in [0.29, 0.717) is 48.6 Å². The van der Waals surface area contributed by atoms with E-state index < -0.39 is 5.54 Å². The minimum absolute atomic E-state index is 0.149. The van der Waals surface area contributed by atoms with Crippen LogP contribution in [-0.2, 0) is 9.59 Å². The molecule has 4 rings (SSSR count). The molecule has 0 aromatic heterocycles. The minimum atomic E-state index is -0.708. The first-order valence-electron chi connectivity index (χ1n) is 12.0. The van der Waals surface area contributed by atoms with Gasteiger partial charge < -0.3 is 25.4 Å². The van der Waals surface area contributed by atoms with Crippen LogP contribution < -0.4 is 25.4 Å². The highest BCUT2D eigenvalue weighted by Crippen LogP contribution is 2.35. The number of nitrogens with one attached hydrogen (secondary N) is 3. The van der Waals surface area contributed by atoms with Crippen molar-refractivity contribution in [3.05, 3.63) is 54.1 Å². The molecule has 0 unspecified atom stereocenters. The maximum absolute atomic E-state index is 12.6.